The Morgan fingerprint density at radius 2 is 1.76 bits per heavy atom. The summed E-state index contributed by atoms with van der Waals surface area (Å²) in [6.45, 7) is 2.14. The minimum Gasteiger partial charge on any atom is -0.497 e. The summed E-state index contributed by atoms with van der Waals surface area (Å²) < 4.78 is 5.09. The first-order chi connectivity index (χ1) is 14.0. The molecule has 1 saturated heterocycles. The van der Waals surface area contributed by atoms with E-state index in [1.165, 1.54) is 18.9 Å². The first-order valence-corrected chi connectivity index (χ1v) is 9.49. The Labute approximate surface area is 169 Å². The molecule has 7 heteroatoms. The predicted molar refractivity (Wildman–Crippen MR) is 111 cm³/mol. The second-order valence-corrected chi connectivity index (χ2v) is 6.69. The number of hydrogen-bond donors (Lipinski definition) is 1. The number of ether oxygens (including phenoxy) is 1. The van der Waals surface area contributed by atoms with Crippen molar-refractivity contribution in [1.82, 2.24) is 5.32 Å². The second-order valence-electron chi connectivity index (χ2n) is 6.69. The third-order valence-electron chi connectivity index (χ3n) is 4.66. The van der Waals surface area contributed by atoms with Gasteiger partial charge in [0.1, 0.15) is 5.75 Å². The molecule has 7 nitrogen and oxygen atoms in total. The summed E-state index contributed by atoms with van der Waals surface area (Å²) in [6.07, 6.45) is 4.53. The van der Waals surface area contributed by atoms with E-state index in [0.29, 0.717) is 17.1 Å². The number of carbonyl (C=O) groups is 3. The highest BCUT2D eigenvalue weighted by molar-refractivity contribution is 6.32. The van der Waals surface area contributed by atoms with Gasteiger partial charge in [0.25, 0.3) is 5.91 Å². The number of barbiturate groups is 1. The maximum Gasteiger partial charge on any atom is 0.335 e. The smallest absolute Gasteiger partial charge is 0.335 e. The molecule has 150 valence electrons. The average Bonchev–Trinajstić information content (AvgIpc) is 2.73. The van der Waals surface area contributed by atoms with E-state index in [4.69, 9.17) is 4.74 Å². The molecule has 2 aromatic rings. The van der Waals surface area contributed by atoms with Crippen LogP contribution in [0.3, 0.4) is 0 Å². The molecule has 3 rings (SSSR count). The SMILES string of the molecule is CCCCc1ccc(N=C[C@H]2C(=O)NC(=O)N(c3ccc(OC)cc3)C2=O)cc1. The van der Waals surface area contributed by atoms with Crippen molar-refractivity contribution in [1.29, 1.82) is 0 Å². The van der Waals surface area contributed by atoms with Crippen LogP contribution in [-0.4, -0.2) is 31.2 Å². The molecular formula is C22H23N3O4. The highest BCUT2D eigenvalue weighted by atomic mass is 16.5. The van der Waals surface area contributed by atoms with E-state index in [0.717, 1.165) is 24.2 Å². The maximum atomic E-state index is 12.8. The fraction of sp³-hybridized carbons (Fsp3) is 0.273. The second kappa shape index (κ2) is 9.14. The summed E-state index contributed by atoms with van der Waals surface area (Å²) >= 11 is 0. The minimum absolute atomic E-state index is 0.347. The Morgan fingerprint density at radius 3 is 2.38 bits per heavy atom. The zero-order valence-corrected chi connectivity index (χ0v) is 16.4. The van der Waals surface area contributed by atoms with E-state index in [9.17, 15) is 14.4 Å². The molecule has 29 heavy (non-hydrogen) atoms. The Balaban J connectivity index is 1.77. The lowest BCUT2D eigenvalue weighted by molar-refractivity contribution is -0.131. The van der Waals surface area contributed by atoms with Crippen LogP contribution < -0.4 is 15.0 Å². The highest BCUT2D eigenvalue weighted by Gasteiger charge is 2.40. The minimum atomic E-state index is -1.19. The van der Waals surface area contributed by atoms with Crippen molar-refractivity contribution in [3.05, 3.63) is 54.1 Å². The number of urea groups is 1. The standard InChI is InChI=1S/C22H23N3O4/c1-3-4-5-15-6-8-16(9-7-15)23-14-19-20(26)24-22(28)25(21(19)27)17-10-12-18(29-2)13-11-17/h6-14,19H,3-5H2,1-2H3,(H,24,26,28)/t19-/m0/s1. The average molecular weight is 393 g/mol. The fourth-order valence-corrected chi connectivity index (χ4v) is 2.99. The lowest BCUT2D eigenvalue weighted by Gasteiger charge is -2.28. The maximum absolute atomic E-state index is 12.8. The molecule has 0 aromatic heterocycles. The Hall–Kier alpha value is -3.48. The number of methoxy groups -OCH3 is 1. The van der Waals surface area contributed by atoms with Crippen molar-refractivity contribution >= 4 is 35.4 Å². The van der Waals surface area contributed by atoms with Gasteiger partial charge in [-0.1, -0.05) is 25.5 Å². The highest BCUT2D eigenvalue weighted by Crippen LogP contribution is 2.23. The first-order valence-electron chi connectivity index (χ1n) is 9.49. The molecule has 1 fully saturated rings. The summed E-state index contributed by atoms with van der Waals surface area (Å²) in [7, 11) is 1.52. The molecule has 4 amide bonds. The zero-order valence-electron chi connectivity index (χ0n) is 16.4. The number of imide groups is 2. The van der Waals surface area contributed by atoms with Gasteiger partial charge in [0.05, 0.1) is 18.5 Å². The van der Waals surface area contributed by atoms with Gasteiger partial charge in [-0.25, -0.2) is 9.69 Å². The van der Waals surface area contributed by atoms with E-state index in [1.807, 2.05) is 24.3 Å². The largest absolute Gasteiger partial charge is 0.497 e. The van der Waals surface area contributed by atoms with Crippen molar-refractivity contribution < 1.29 is 19.1 Å². The molecule has 2 aromatic carbocycles. The molecule has 0 spiro atoms. The topological polar surface area (TPSA) is 88.1 Å². The number of nitrogens with one attached hydrogen (secondary N) is 1. The molecule has 0 saturated carbocycles. The number of anilines is 1. The number of carbonyl (C=O) groups excluding carboxylic acids is 3. The van der Waals surface area contributed by atoms with Crippen LogP contribution in [0.4, 0.5) is 16.2 Å². The van der Waals surface area contributed by atoms with Crippen LogP contribution in [0.15, 0.2) is 53.5 Å². The number of hydrogen-bond acceptors (Lipinski definition) is 5. The summed E-state index contributed by atoms with van der Waals surface area (Å²) in [5, 5.41) is 2.21. The van der Waals surface area contributed by atoms with Crippen LogP contribution in [0.1, 0.15) is 25.3 Å². The molecule has 1 N–H and O–H groups in total. The van der Waals surface area contributed by atoms with E-state index >= 15 is 0 Å². The number of aliphatic imine (C=N–C) groups is 1. The van der Waals surface area contributed by atoms with Gasteiger partial charge in [0.15, 0.2) is 5.92 Å². The van der Waals surface area contributed by atoms with Crippen LogP contribution in [0.5, 0.6) is 5.75 Å². The Bertz CT molecular complexity index is 920. The van der Waals surface area contributed by atoms with Crippen LogP contribution in [0.25, 0.3) is 0 Å². The van der Waals surface area contributed by atoms with Crippen molar-refractivity contribution in [3.63, 3.8) is 0 Å². The van der Waals surface area contributed by atoms with Gasteiger partial charge in [-0.3, -0.25) is 19.9 Å². The number of unbranched alkanes of at least 4 members (excludes halogenated alkanes) is 1. The predicted octanol–water partition coefficient (Wildman–Crippen LogP) is 3.64. The van der Waals surface area contributed by atoms with Crippen LogP contribution in [-0.2, 0) is 16.0 Å². The fourth-order valence-electron chi connectivity index (χ4n) is 2.99. The monoisotopic (exact) mass is 393 g/mol. The van der Waals surface area contributed by atoms with Gasteiger partial charge in [0, 0.05) is 6.21 Å². The summed E-state index contributed by atoms with van der Waals surface area (Å²) in [6, 6.07) is 13.3. The number of aryl methyl sites for hydroxylation is 1. The lowest BCUT2D eigenvalue weighted by Crippen LogP contribution is -2.58. The van der Waals surface area contributed by atoms with E-state index < -0.39 is 23.8 Å². The number of rotatable bonds is 7. The lowest BCUT2D eigenvalue weighted by atomic mass is 10.1. The molecule has 1 aliphatic rings. The van der Waals surface area contributed by atoms with Crippen LogP contribution in [0.2, 0.25) is 0 Å². The van der Waals surface area contributed by atoms with Crippen LogP contribution in [0, 0.1) is 5.92 Å². The van der Waals surface area contributed by atoms with E-state index in [1.54, 1.807) is 24.3 Å². The quantitative estimate of drug-likeness (QED) is 0.575. The van der Waals surface area contributed by atoms with Crippen molar-refractivity contribution in [2.75, 3.05) is 12.0 Å². The first kappa shape index (κ1) is 20.3. The van der Waals surface area contributed by atoms with Gasteiger partial charge in [-0.2, -0.15) is 0 Å². The van der Waals surface area contributed by atoms with Gasteiger partial charge in [0.2, 0.25) is 5.91 Å². The number of amides is 4. The molecule has 1 aliphatic heterocycles. The van der Waals surface area contributed by atoms with Gasteiger partial charge in [-0.05, 0) is 54.8 Å². The normalized spacial score (nSPS) is 17.0. The zero-order chi connectivity index (χ0) is 20.8. The van der Waals surface area contributed by atoms with Crippen molar-refractivity contribution in [2.24, 2.45) is 10.9 Å². The molecule has 1 heterocycles. The molecular weight excluding hydrogens is 370 g/mol. The Morgan fingerprint density at radius 1 is 1.07 bits per heavy atom. The van der Waals surface area contributed by atoms with Crippen molar-refractivity contribution in [3.8, 4) is 5.75 Å². The van der Waals surface area contributed by atoms with Gasteiger partial charge < -0.3 is 4.74 Å². The number of nitrogens with zero attached hydrogens (tertiary/aromatic N) is 2. The number of benzene rings is 2. The molecule has 0 radical (unpaired) electrons. The molecule has 1 atom stereocenters. The summed E-state index contributed by atoms with van der Waals surface area (Å²) in [5.74, 6) is -1.93. The van der Waals surface area contributed by atoms with Crippen molar-refractivity contribution in [2.45, 2.75) is 26.2 Å². The van der Waals surface area contributed by atoms with E-state index in [-0.39, 0.29) is 0 Å². The van der Waals surface area contributed by atoms with E-state index in [2.05, 4.69) is 17.2 Å². The van der Waals surface area contributed by atoms with Gasteiger partial charge >= 0.3 is 6.03 Å². The molecule has 0 aliphatic carbocycles. The molecule has 0 unspecified atom stereocenters. The summed E-state index contributed by atoms with van der Waals surface area (Å²) in [4.78, 5) is 42.4. The van der Waals surface area contributed by atoms with Gasteiger partial charge in [-0.15, -0.1) is 0 Å². The summed E-state index contributed by atoms with van der Waals surface area (Å²) in [5.41, 5.74) is 2.20. The molecule has 0 bridgehead atoms. The van der Waals surface area contributed by atoms with Crippen LogP contribution >= 0.6 is 0 Å². The third kappa shape index (κ3) is 4.68. The Kier molecular flexibility index (Phi) is 6.39. The third-order valence-corrected chi connectivity index (χ3v) is 4.66.